The van der Waals surface area contributed by atoms with Crippen molar-refractivity contribution in [3.05, 3.63) is 36.1 Å². The van der Waals surface area contributed by atoms with Crippen molar-refractivity contribution in [1.29, 1.82) is 0 Å². The van der Waals surface area contributed by atoms with Gasteiger partial charge < -0.3 is 5.32 Å². The predicted molar refractivity (Wildman–Crippen MR) is 51.2 cm³/mol. The molecule has 0 saturated carbocycles. The van der Waals surface area contributed by atoms with Crippen molar-refractivity contribution in [1.82, 2.24) is 5.32 Å². The van der Waals surface area contributed by atoms with Gasteiger partial charge in [-0.15, -0.1) is 0 Å². The van der Waals surface area contributed by atoms with Crippen LogP contribution in [0.2, 0.25) is 0 Å². The zero-order valence-electron chi connectivity index (χ0n) is 6.90. The van der Waals surface area contributed by atoms with E-state index in [2.05, 4.69) is 22.5 Å². The molecule has 0 aromatic rings. The second-order valence-corrected chi connectivity index (χ2v) is 2.99. The summed E-state index contributed by atoms with van der Waals surface area (Å²) in [5, 5.41) is 3.20. The number of hydrogen-bond donors (Lipinski definition) is 1. The van der Waals surface area contributed by atoms with Crippen LogP contribution in [0.25, 0.3) is 0 Å². The lowest BCUT2D eigenvalue weighted by Crippen LogP contribution is -2.20. The van der Waals surface area contributed by atoms with E-state index in [9.17, 15) is 0 Å². The molecular formula is C10H12N2. The molecule has 0 radical (unpaired) electrons. The van der Waals surface area contributed by atoms with Gasteiger partial charge in [-0.2, -0.15) is 0 Å². The molecule has 0 bridgehead atoms. The number of aliphatic imine (C=N–C) groups is 1. The number of rotatable bonds is 1. The molecule has 12 heavy (non-hydrogen) atoms. The molecule has 1 unspecified atom stereocenters. The summed E-state index contributed by atoms with van der Waals surface area (Å²) in [7, 11) is 0. The third-order valence-electron chi connectivity index (χ3n) is 2.14. The van der Waals surface area contributed by atoms with Gasteiger partial charge in [-0.3, -0.25) is 4.99 Å². The number of allylic oxidation sites excluding steroid dienone is 3. The molecule has 0 aliphatic carbocycles. The molecule has 0 amide bonds. The molecule has 2 aliphatic rings. The van der Waals surface area contributed by atoms with Crippen LogP contribution in [0.4, 0.5) is 0 Å². The number of hydrogen-bond acceptors (Lipinski definition) is 2. The summed E-state index contributed by atoms with van der Waals surface area (Å²) < 4.78 is 0. The summed E-state index contributed by atoms with van der Waals surface area (Å²) in [5.41, 5.74) is 1.42. The van der Waals surface area contributed by atoms with Gasteiger partial charge in [0.1, 0.15) is 0 Å². The Morgan fingerprint density at radius 3 is 3.08 bits per heavy atom. The van der Waals surface area contributed by atoms with E-state index in [-0.39, 0.29) is 0 Å². The lowest BCUT2D eigenvalue weighted by molar-refractivity contribution is 0.715. The molecule has 2 heteroatoms. The second-order valence-electron chi connectivity index (χ2n) is 2.99. The van der Waals surface area contributed by atoms with Crippen molar-refractivity contribution in [2.24, 2.45) is 10.9 Å². The Labute approximate surface area is 72.4 Å². The highest BCUT2D eigenvalue weighted by atomic mass is 14.8. The van der Waals surface area contributed by atoms with Crippen molar-refractivity contribution in [3.8, 4) is 0 Å². The average Bonchev–Trinajstić information content (AvgIpc) is 2.21. The number of dihydropyridines is 2. The van der Waals surface area contributed by atoms with Crippen LogP contribution in [0, 0.1) is 5.92 Å². The Kier molecular flexibility index (Phi) is 2.08. The van der Waals surface area contributed by atoms with Crippen molar-refractivity contribution in [2.75, 3.05) is 13.1 Å². The van der Waals surface area contributed by atoms with E-state index in [4.69, 9.17) is 0 Å². The summed E-state index contributed by atoms with van der Waals surface area (Å²) in [6, 6.07) is 0. The lowest BCUT2D eigenvalue weighted by Gasteiger charge is -2.18. The SMILES string of the molecule is C1=CNCC(C2C=CC=NC2)=C1. The van der Waals surface area contributed by atoms with Gasteiger partial charge in [0.25, 0.3) is 0 Å². The molecule has 2 rings (SSSR count). The molecule has 0 spiro atoms. The van der Waals surface area contributed by atoms with E-state index in [0.29, 0.717) is 5.92 Å². The third kappa shape index (κ3) is 1.47. The van der Waals surface area contributed by atoms with Gasteiger partial charge in [0.2, 0.25) is 0 Å². The van der Waals surface area contributed by atoms with E-state index >= 15 is 0 Å². The normalized spacial score (nSPS) is 26.7. The van der Waals surface area contributed by atoms with Crippen LogP contribution >= 0.6 is 0 Å². The Morgan fingerprint density at radius 1 is 1.42 bits per heavy atom. The first-order valence-corrected chi connectivity index (χ1v) is 4.22. The maximum absolute atomic E-state index is 4.23. The molecule has 0 aromatic heterocycles. The minimum Gasteiger partial charge on any atom is -0.387 e. The fourth-order valence-corrected chi connectivity index (χ4v) is 1.45. The van der Waals surface area contributed by atoms with Crippen LogP contribution in [0.5, 0.6) is 0 Å². The second kappa shape index (κ2) is 3.39. The molecule has 2 aliphatic heterocycles. The van der Waals surface area contributed by atoms with Gasteiger partial charge in [0.05, 0.1) is 0 Å². The van der Waals surface area contributed by atoms with Crippen LogP contribution < -0.4 is 5.32 Å². The van der Waals surface area contributed by atoms with Crippen LogP contribution in [-0.4, -0.2) is 19.3 Å². The van der Waals surface area contributed by atoms with Gasteiger partial charge >= 0.3 is 0 Å². The Hall–Kier alpha value is -1.31. The average molecular weight is 160 g/mol. The van der Waals surface area contributed by atoms with Crippen LogP contribution in [0.1, 0.15) is 0 Å². The fraction of sp³-hybridized carbons (Fsp3) is 0.300. The zero-order chi connectivity index (χ0) is 8.23. The van der Waals surface area contributed by atoms with Crippen LogP contribution in [-0.2, 0) is 0 Å². The summed E-state index contributed by atoms with van der Waals surface area (Å²) in [5.74, 6) is 0.507. The largest absolute Gasteiger partial charge is 0.387 e. The molecule has 1 atom stereocenters. The van der Waals surface area contributed by atoms with Gasteiger partial charge in [0.15, 0.2) is 0 Å². The highest BCUT2D eigenvalue weighted by Gasteiger charge is 2.11. The predicted octanol–water partition coefficient (Wildman–Crippen LogP) is 1.29. The van der Waals surface area contributed by atoms with Crippen molar-refractivity contribution in [3.63, 3.8) is 0 Å². The minimum atomic E-state index is 0.507. The summed E-state index contributed by atoms with van der Waals surface area (Å²) in [6.07, 6.45) is 12.3. The zero-order valence-corrected chi connectivity index (χ0v) is 6.90. The molecule has 1 N–H and O–H groups in total. The first-order valence-electron chi connectivity index (χ1n) is 4.22. The van der Waals surface area contributed by atoms with Crippen LogP contribution in [0.3, 0.4) is 0 Å². The smallest absolute Gasteiger partial charge is 0.0490 e. The Bertz CT molecular complexity index is 272. The minimum absolute atomic E-state index is 0.507. The van der Waals surface area contributed by atoms with Crippen LogP contribution in [0.15, 0.2) is 41.1 Å². The first kappa shape index (κ1) is 7.35. The molecule has 0 aromatic carbocycles. The number of nitrogens with one attached hydrogen (secondary N) is 1. The Balaban J connectivity index is 2.09. The summed E-state index contributed by atoms with van der Waals surface area (Å²) >= 11 is 0. The molecule has 62 valence electrons. The quantitative estimate of drug-likeness (QED) is 0.614. The molecule has 2 nitrogen and oxygen atoms in total. The standard InChI is InChI=1S/C10H12N2/c1-3-9(7-11-5-1)10-4-2-6-12-8-10/h1-6,9,12H,7-8H2. The lowest BCUT2D eigenvalue weighted by atomic mass is 9.96. The van der Waals surface area contributed by atoms with Crippen molar-refractivity contribution < 1.29 is 0 Å². The summed E-state index contributed by atoms with van der Waals surface area (Å²) in [4.78, 5) is 4.23. The van der Waals surface area contributed by atoms with E-state index in [0.717, 1.165) is 13.1 Å². The van der Waals surface area contributed by atoms with Gasteiger partial charge in [-0.05, 0) is 23.9 Å². The first-order chi connectivity index (χ1) is 5.97. The fourth-order valence-electron chi connectivity index (χ4n) is 1.45. The van der Waals surface area contributed by atoms with E-state index in [1.807, 2.05) is 24.6 Å². The van der Waals surface area contributed by atoms with E-state index in [1.165, 1.54) is 5.57 Å². The number of nitrogens with zero attached hydrogens (tertiary/aromatic N) is 1. The molecular weight excluding hydrogens is 148 g/mol. The third-order valence-corrected chi connectivity index (χ3v) is 2.14. The van der Waals surface area contributed by atoms with Gasteiger partial charge in [0, 0.05) is 25.2 Å². The van der Waals surface area contributed by atoms with E-state index < -0.39 is 0 Å². The van der Waals surface area contributed by atoms with E-state index in [1.54, 1.807) is 0 Å². The molecule has 0 saturated heterocycles. The van der Waals surface area contributed by atoms with Gasteiger partial charge in [-0.1, -0.05) is 12.2 Å². The highest BCUT2D eigenvalue weighted by Crippen LogP contribution is 2.16. The summed E-state index contributed by atoms with van der Waals surface area (Å²) in [6.45, 7) is 1.86. The molecule has 2 heterocycles. The van der Waals surface area contributed by atoms with Gasteiger partial charge in [-0.25, -0.2) is 0 Å². The molecule has 0 fully saturated rings. The highest BCUT2D eigenvalue weighted by molar-refractivity contribution is 5.72. The maximum Gasteiger partial charge on any atom is 0.0490 e. The topological polar surface area (TPSA) is 24.4 Å². The Morgan fingerprint density at radius 2 is 2.42 bits per heavy atom. The van der Waals surface area contributed by atoms with Crippen molar-refractivity contribution >= 4 is 6.21 Å². The van der Waals surface area contributed by atoms with Crippen molar-refractivity contribution in [2.45, 2.75) is 0 Å². The monoisotopic (exact) mass is 160 g/mol. The maximum atomic E-state index is 4.23.